The van der Waals surface area contributed by atoms with Gasteiger partial charge in [0.25, 0.3) is 0 Å². The molecule has 0 fully saturated rings. The molecule has 2 atom stereocenters. The topological polar surface area (TPSA) is 57.4 Å². The van der Waals surface area contributed by atoms with E-state index in [0.29, 0.717) is 13.2 Å². The van der Waals surface area contributed by atoms with Crippen LogP contribution >= 0.6 is 0 Å². The minimum Gasteiger partial charge on any atom is -0.491 e. The fourth-order valence-corrected chi connectivity index (χ4v) is 1.95. The number of aromatic nitrogens is 1. The van der Waals surface area contributed by atoms with E-state index in [-0.39, 0.29) is 12.1 Å². The van der Waals surface area contributed by atoms with Gasteiger partial charge >= 0.3 is 0 Å². The van der Waals surface area contributed by atoms with E-state index in [1.807, 2.05) is 49.4 Å². The van der Waals surface area contributed by atoms with Crippen LogP contribution < -0.4 is 10.5 Å². The van der Waals surface area contributed by atoms with Crippen molar-refractivity contribution in [3.63, 3.8) is 0 Å². The van der Waals surface area contributed by atoms with Gasteiger partial charge in [-0.3, -0.25) is 4.98 Å². The molecule has 0 radical (unpaired) electrons. The number of nitrogens with two attached hydrogens (primary N) is 1. The Morgan fingerprint density at radius 3 is 2.55 bits per heavy atom. The first-order valence-electron chi connectivity index (χ1n) is 6.72. The highest BCUT2D eigenvalue weighted by molar-refractivity contribution is 5.20. The molecule has 0 aliphatic heterocycles. The molecule has 4 heteroatoms. The van der Waals surface area contributed by atoms with Crippen molar-refractivity contribution in [2.45, 2.75) is 19.1 Å². The smallest absolute Gasteiger partial charge is 0.119 e. The molecule has 2 N–H and O–H groups in total. The summed E-state index contributed by atoms with van der Waals surface area (Å²) in [7, 11) is 0. The molecule has 1 aromatic heterocycles. The SMILES string of the molecule is CC(N)C(OCCOc1ccccc1)c1cccnc1. The van der Waals surface area contributed by atoms with Gasteiger partial charge < -0.3 is 15.2 Å². The van der Waals surface area contributed by atoms with E-state index in [2.05, 4.69) is 4.98 Å². The number of benzene rings is 1. The van der Waals surface area contributed by atoms with Gasteiger partial charge in [-0.15, -0.1) is 0 Å². The molecule has 2 unspecified atom stereocenters. The van der Waals surface area contributed by atoms with Gasteiger partial charge in [-0.25, -0.2) is 0 Å². The first kappa shape index (κ1) is 14.5. The van der Waals surface area contributed by atoms with Crippen LogP contribution in [0.3, 0.4) is 0 Å². The third-order valence-electron chi connectivity index (χ3n) is 2.88. The molecular formula is C16H20N2O2. The van der Waals surface area contributed by atoms with Gasteiger partial charge in [0, 0.05) is 24.0 Å². The maximum atomic E-state index is 5.97. The van der Waals surface area contributed by atoms with Crippen LogP contribution in [0.5, 0.6) is 5.75 Å². The summed E-state index contributed by atoms with van der Waals surface area (Å²) < 4.78 is 11.4. The predicted molar refractivity (Wildman–Crippen MR) is 78.5 cm³/mol. The number of para-hydroxylation sites is 1. The Labute approximate surface area is 119 Å². The molecular weight excluding hydrogens is 252 g/mol. The fourth-order valence-electron chi connectivity index (χ4n) is 1.95. The lowest BCUT2D eigenvalue weighted by Crippen LogP contribution is -2.28. The van der Waals surface area contributed by atoms with Crippen molar-refractivity contribution in [3.05, 3.63) is 60.4 Å². The van der Waals surface area contributed by atoms with Gasteiger partial charge in [-0.2, -0.15) is 0 Å². The molecule has 20 heavy (non-hydrogen) atoms. The van der Waals surface area contributed by atoms with E-state index in [1.54, 1.807) is 12.4 Å². The van der Waals surface area contributed by atoms with Gasteiger partial charge in [0.1, 0.15) is 12.4 Å². The van der Waals surface area contributed by atoms with Gasteiger partial charge in [0.2, 0.25) is 0 Å². The van der Waals surface area contributed by atoms with Gasteiger partial charge in [-0.1, -0.05) is 24.3 Å². The molecule has 0 saturated carbocycles. The van der Waals surface area contributed by atoms with Crippen molar-refractivity contribution in [1.82, 2.24) is 4.98 Å². The van der Waals surface area contributed by atoms with Crippen molar-refractivity contribution < 1.29 is 9.47 Å². The summed E-state index contributed by atoms with van der Waals surface area (Å²) in [5, 5.41) is 0. The normalized spacial score (nSPS) is 13.7. The quantitative estimate of drug-likeness (QED) is 0.787. The van der Waals surface area contributed by atoms with Gasteiger partial charge in [0.15, 0.2) is 0 Å². The van der Waals surface area contributed by atoms with Crippen molar-refractivity contribution >= 4 is 0 Å². The van der Waals surface area contributed by atoms with E-state index in [9.17, 15) is 0 Å². The zero-order valence-electron chi connectivity index (χ0n) is 11.6. The van der Waals surface area contributed by atoms with Gasteiger partial charge in [-0.05, 0) is 25.1 Å². The Bertz CT molecular complexity index is 488. The van der Waals surface area contributed by atoms with E-state index in [0.717, 1.165) is 11.3 Å². The molecule has 0 amide bonds. The van der Waals surface area contributed by atoms with Crippen LogP contribution in [0.1, 0.15) is 18.6 Å². The van der Waals surface area contributed by atoms with E-state index >= 15 is 0 Å². The maximum Gasteiger partial charge on any atom is 0.119 e. The summed E-state index contributed by atoms with van der Waals surface area (Å²) in [5.74, 6) is 0.842. The zero-order chi connectivity index (χ0) is 14.2. The third kappa shape index (κ3) is 4.33. The van der Waals surface area contributed by atoms with E-state index in [4.69, 9.17) is 15.2 Å². The second-order valence-corrected chi connectivity index (χ2v) is 4.60. The van der Waals surface area contributed by atoms with Gasteiger partial charge in [0.05, 0.1) is 12.7 Å². The predicted octanol–water partition coefficient (Wildman–Crippen LogP) is 2.57. The van der Waals surface area contributed by atoms with Crippen LogP contribution in [0.2, 0.25) is 0 Å². The molecule has 4 nitrogen and oxygen atoms in total. The Morgan fingerprint density at radius 2 is 1.90 bits per heavy atom. The molecule has 1 heterocycles. The molecule has 0 bridgehead atoms. The highest BCUT2D eigenvalue weighted by Crippen LogP contribution is 2.19. The average molecular weight is 272 g/mol. The number of nitrogens with zero attached hydrogens (tertiary/aromatic N) is 1. The third-order valence-corrected chi connectivity index (χ3v) is 2.88. The summed E-state index contributed by atoms with van der Waals surface area (Å²) >= 11 is 0. The number of hydrogen-bond donors (Lipinski definition) is 1. The molecule has 106 valence electrons. The van der Waals surface area contributed by atoms with Crippen molar-refractivity contribution in [2.75, 3.05) is 13.2 Å². The molecule has 0 aliphatic rings. The molecule has 2 aromatic rings. The van der Waals surface area contributed by atoms with Crippen LogP contribution in [-0.4, -0.2) is 24.2 Å². The molecule has 0 saturated heterocycles. The lowest BCUT2D eigenvalue weighted by Gasteiger charge is -2.21. The number of ether oxygens (including phenoxy) is 2. The Morgan fingerprint density at radius 1 is 1.10 bits per heavy atom. The van der Waals surface area contributed by atoms with Crippen molar-refractivity contribution in [1.29, 1.82) is 0 Å². The minimum atomic E-state index is -0.164. The Balaban J connectivity index is 1.82. The highest BCUT2D eigenvalue weighted by atomic mass is 16.5. The van der Waals surface area contributed by atoms with Crippen LogP contribution in [0.25, 0.3) is 0 Å². The second kappa shape index (κ2) is 7.62. The summed E-state index contributed by atoms with van der Waals surface area (Å²) in [6, 6.07) is 13.4. The van der Waals surface area contributed by atoms with Crippen LogP contribution in [-0.2, 0) is 4.74 Å². The first-order valence-corrected chi connectivity index (χ1v) is 6.72. The summed E-state index contributed by atoms with van der Waals surface area (Å²) in [4.78, 5) is 4.10. The van der Waals surface area contributed by atoms with Crippen LogP contribution in [0.4, 0.5) is 0 Å². The first-order chi connectivity index (χ1) is 9.77. The second-order valence-electron chi connectivity index (χ2n) is 4.60. The molecule has 0 spiro atoms. The number of hydrogen-bond acceptors (Lipinski definition) is 4. The van der Waals surface area contributed by atoms with Crippen LogP contribution in [0, 0.1) is 0 Å². The largest absolute Gasteiger partial charge is 0.491 e. The standard InChI is InChI=1S/C16H20N2O2/c1-13(17)16(14-6-5-9-18-12-14)20-11-10-19-15-7-3-2-4-8-15/h2-9,12-13,16H,10-11,17H2,1H3. The molecule has 0 aliphatic carbocycles. The van der Waals surface area contributed by atoms with Crippen molar-refractivity contribution in [3.8, 4) is 5.75 Å². The average Bonchev–Trinajstić information content (AvgIpc) is 2.49. The number of rotatable bonds is 7. The summed E-state index contributed by atoms with van der Waals surface area (Å²) in [5.41, 5.74) is 6.96. The minimum absolute atomic E-state index is 0.101. The van der Waals surface area contributed by atoms with E-state index < -0.39 is 0 Å². The summed E-state index contributed by atoms with van der Waals surface area (Å²) in [6.45, 7) is 2.90. The fraction of sp³-hybridized carbons (Fsp3) is 0.312. The lowest BCUT2D eigenvalue weighted by atomic mass is 10.1. The van der Waals surface area contributed by atoms with Crippen molar-refractivity contribution in [2.24, 2.45) is 5.73 Å². The maximum absolute atomic E-state index is 5.97. The Hall–Kier alpha value is -1.91. The van der Waals surface area contributed by atoms with Crippen LogP contribution in [0.15, 0.2) is 54.9 Å². The monoisotopic (exact) mass is 272 g/mol. The lowest BCUT2D eigenvalue weighted by molar-refractivity contribution is 0.0206. The Kier molecular flexibility index (Phi) is 5.53. The zero-order valence-corrected chi connectivity index (χ0v) is 11.6. The summed E-state index contributed by atoms with van der Waals surface area (Å²) in [6.07, 6.45) is 3.36. The highest BCUT2D eigenvalue weighted by Gasteiger charge is 2.16. The molecule has 2 rings (SSSR count). The molecule has 1 aromatic carbocycles. The van der Waals surface area contributed by atoms with E-state index in [1.165, 1.54) is 0 Å². The number of pyridine rings is 1.